The van der Waals surface area contributed by atoms with Crippen LogP contribution in [0.5, 0.6) is 0 Å². The third-order valence-electron chi connectivity index (χ3n) is 5.94. The summed E-state index contributed by atoms with van der Waals surface area (Å²) in [7, 11) is 0. The Labute approximate surface area is 190 Å². The van der Waals surface area contributed by atoms with Gasteiger partial charge in [0.15, 0.2) is 5.69 Å². The van der Waals surface area contributed by atoms with E-state index in [1.807, 2.05) is 38.1 Å². The SMILES string of the molecule is Cc1cccc(-n2nnc(C(=O)NC3CCN(Cc4cccc(C(F)(F)F)c4)CC3)c2C)c1. The number of carbonyl (C=O) groups excluding carboxylic acids is 1. The number of likely N-dealkylation sites (tertiary alicyclic amines) is 1. The summed E-state index contributed by atoms with van der Waals surface area (Å²) in [4.78, 5) is 14.9. The van der Waals surface area contributed by atoms with Gasteiger partial charge in [-0.2, -0.15) is 13.2 Å². The molecule has 0 aliphatic carbocycles. The molecule has 0 atom stereocenters. The van der Waals surface area contributed by atoms with Crippen LogP contribution in [0.25, 0.3) is 5.69 Å². The largest absolute Gasteiger partial charge is 0.416 e. The quantitative estimate of drug-likeness (QED) is 0.621. The molecule has 0 spiro atoms. The fraction of sp³-hybridized carbons (Fsp3) is 0.375. The number of benzene rings is 2. The number of nitrogens with one attached hydrogen (secondary N) is 1. The Morgan fingerprint density at radius 1 is 1.09 bits per heavy atom. The van der Waals surface area contributed by atoms with E-state index >= 15 is 0 Å². The van der Waals surface area contributed by atoms with Crippen molar-refractivity contribution in [3.8, 4) is 5.69 Å². The molecular formula is C24H26F3N5O. The molecule has 174 valence electrons. The van der Waals surface area contributed by atoms with E-state index in [0.717, 1.165) is 30.2 Å². The summed E-state index contributed by atoms with van der Waals surface area (Å²) in [6.45, 7) is 5.64. The molecule has 9 heteroatoms. The highest BCUT2D eigenvalue weighted by Crippen LogP contribution is 2.30. The highest BCUT2D eigenvalue weighted by molar-refractivity contribution is 5.93. The van der Waals surface area contributed by atoms with Crippen LogP contribution in [-0.2, 0) is 12.7 Å². The van der Waals surface area contributed by atoms with Gasteiger partial charge in [0, 0.05) is 25.7 Å². The lowest BCUT2D eigenvalue weighted by Crippen LogP contribution is -2.44. The Morgan fingerprint density at radius 2 is 1.82 bits per heavy atom. The average Bonchev–Trinajstić information content (AvgIpc) is 3.16. The highest BCUT2D eigenvalue weighted by atomic mass is 19.4. The topological polar surface area (TPSA) is 63.1 Å². The molecule has 1 aliphatic heterocycles. The molecule has 1 N–H and O–H groups in total. The van der Waals surface area contributed by atoms with E-state index in [0.29, 0.717) is 36.6 Å². The highest BCUT2D eigenvalue weighted by Gasteiger charge is 2.30. The maximum absolute atomic E-state index is 12.9. The maximum Gasteiger partial charge on any atom is 0.416 e. The van der Waals surface area contributed by atoms with Crippen LogP contribution in [-0.4, -0.2) is 44.9 Å². The first-order valence-corrected chi connectivity index (χ1v) is 10.9. The average molecular weight is 458 g/mol. The van der Waals surface area contributed by atoms with E-state index in [-0.39, 0.29) is 11.9 Å². The molecule has 3 aromatic rings. The van der Waals surface area contributed by atoms with Gasteiger partial charge in [0.2, 0.25) is 0 Å². The first-order chi connectivity index (χ1) is 15.7. The van der Waals surface area contributed by atoms with Crippen LogP contribution in [0, 0.1) is 13.8 Å². The van der Waals surface area contributed by atoms with Crippen molar-refractivity contribution in [2.75, 3.05) is 13.1 Å². The molecule has 1 aromatic heterocycles. The first kappa shape index (κ1) is 23.0. The van der Waals surface area contributed by atoms with Gasteiger partial charge in [0.05, 0.1) is 16.9 Å². The van der Waals surface area contributed by atoms with Gasteiger partial charge in [-0.1, -0.05) is 35.5 Å². The van der Waals surface area contributed by atoms with Crippen LogP contribution in [0.3, 0.4) is 0 Å². The minimum Gasteiger partial charge on any atom is -0.348 e. The number of halogens is 3. The smallest absolute Gasteiger partial charge is 0.348 e. The standard InChI is InChI=1S/C24H26F3N5O/c1-16-5-3-8-21(13-16)32-17(2)22(29-30-32)23(33)28-20-9-11-31(12-10-20)15-18-6-4-7-19(14-18)24(25,26)27/h3-8,13-14,20H,9-12,15H2,1-2H3,(H,28,33). The molecule has 33 heavy (non-hydrogen) atoms. The van der Waals surface area contributed by atoms with Crippen molar-refractivity contribution < 1.29 is 18.0 Å². The predicted octanol–water partition coefficient (Wildman–Crippen LogP) is 4.30. The maximum atomic E-state index is 12.9. The number of alkyl halides is 3. The molecule has 0 radical (unpaired) electrons. The van der Waals surface area contributed by atoms with Crippen molar-refractivity contribution in [3.63, 3.8) is 0 Å². The number of hydrogen-bond acceptors (Lipinski definition) is 4. The van der Waals surface area contributed by atoms with Gasteiger partial charge in [0.1, 0.15) is 0 Å². The second kappa shape index (κ2) is 9.35. The normalized spacial score (nSPS) is 15.5. The molecule has 0 unspecified atom stereocenters. The van der Waals surface area contributed by atoms with Crippen molar-refractivity contribution in [3.05, 3.63) is 76.6 Å². The fourth-order valence-corrected chi connectivity index (χ4v) is 4.14. The van der Waals surface area contributed by atoms with E-state index in [1.165, 1.54) is 12.1 Å². The lowest BCUT2D eigenvalue weighted by Gasteiger charge is -2.32. The number of piperidine rings is 1. The third kappa shape index (κ3) is 5.42. The number of rotatable bonds is 5. The fourth-order valence-electron chi connectivity index (χ4n) is 4.14. The van der Waals surface area contributed by atoms with Crippen LogP contribution < -0.4 is 5.32 Å². The van der Waals surface area contributed by atoms with Gasteiger partial charge < -0.3 is 5.32 Å². The van der Waals surface area contributed by atoms with Crippen LogP contribution in [0.2, 0.25) is 0 Å². The number of amides is 1. The molecule has 1 aliphatic rings. The summed E-state index contributed by atoms with van der Waals surface area (Å²) in [6.07, 6.45) is -2.90. The van der Waals surface area contributed by atoms with Crippen molar-refractivity contribution in [2.24, 2.45) is 0 Å². The predicted molar refractivity (Wildman–Crippen MR) is 118 cm³/mol. The van der Waals surface area contributed by atoms with Gasteiger partial charge in [-0.15, -0.1) is 5.10 Å². The number of aryl methyl sites for hydroxylation is 1. The molecule has 4 rings (SSSR count). The number of hydrogen-bond donors (Lipinski definition) is 1. The molecule has 2 aromatic carbocycles. The van der Waals surface area contributed by atoms with Gasteiger partial charge in [-0.25, -0.2) is 4.68 Å². The monoisotopic (exact) mass is 457 g/mol. The number of carbonyl (C=O) groups is 1. The zero-order valence-electron chi connectivity index (χ0n) is 18.6. The van der Waals surface area contributed by atoms with E-state index in [2.05, 4.69) is 20.5 Å². The Bertz CT molecular complexity index is 1130. The van der Waals surface area contributed by atoms with Crippen LogP contribution in [0.15, 0.2) is 48.5 Å². The van der Waals surface area contributed by atoms with E-state index < -0.39 is 11.7 Å². The summed E-state index contributed by atoms with van der Waals surface area (Å²) < 4.78 is 40.5. The van der Waals surface area contributed by atoms with Crippen molar-refractivity contribution in [1.82, 2.24) is 25.2 Å². The molecule has 1 fully saturated rings. The van der Waals surface area contributed by atoms with E-state index in [1.54, 1.807) is 10.7 Å². The zero-order valence-corrected chi connectivity index (χ0v) is 18.6. The van der Waals surface area contributed by atoms with Gasteiger partial charge in [-0.05, 0) is 56.0 Å². The minimum absolute atomic E-state index is 0.0150. The van der Waals surface area contributed by atoms with Gasteiger partial charge in [0.25, 0.3) is 5.91 Å². The summed E-state index contributed by atoms with van der Waals surface area (Å²) >= 11 is 0. The summed E-state index contributed by atoms with van der Waals surface area (Å²) in [5.74, 6) is -0.261. The Morgan fingerprint density at radius 3 is 2.52 bits per heavy atom. The molecule has 0 bridgehead atoms. The Hall–Kier alpha value is -3.20. The summed E-state index contributed by atoms with van der Waals surface area (Å²) in [5.41, 5.74) is 2.90. The van der Waals surface area contributed by atoms with Crippen LogP contribution >= 0.6 is 0 Å². The second-order valence-corrected chi connectivity index (χ2v) is 8.50. The summed E-state index contributed by atoms with van der Waals surface area (Å²) in [6, 6.07) is 13.2. The lowest BCUT2D eigenvalue weighted by molar-refractivity contribution is -0.137. The summed E-state index contributed by atoms with van der Waals surface area (Å²) in [5, 5.41) is 11.3. The van der Waals surface area contributed by atoms with Gasteiger partial charge >= 0.3 is 6.18 Å². The molecular weight excluding hydrogens is 431 g/mol. The third-order valence-corrected chi connectivity index (χ3v) is 5.94. The lowest BCUT2D eigenvalue weighted by atomic mass is 10.0. The van der Waals surface area contributed by atoms with Crippen LogP contribution in [0.1, 0.15) is 45.7 Å². The van der Waals surface area contributed by atoms with Gasteiger partial charge in [-0.3, -0.25) is 9.69 Å². The molecule has 1 saturated heterocycles. The van der Waals surface area contributed by atoms with Crippen molar-refractivity contribution >= 4 is 5.91 Å². The molecule has 0 saturated carbocycles. The number of nitrogens with zero attached hydrogens (tertiary/aromatic N) is 4. The Balaban J connectivity index is 1.33. The molecule has 1 amide bonds. The molecule has 2 heterocycles. The van der Waals surface area contributed by atoms with Crippen LogP contribution in [0.4, 0.5) is 13.2 Å². The zero-order chi connectivity index (χ0) is 23.6. The van der Waals surface area contributed by atoms with Crippen molar-refractivity contribution in [1.29, 1.82) is 0 Å². The first-order valence-electron chi connectivity index (χ1n) is 10.9. The number of aromatic nitrogens is 3. The Kier molecular flexibility index (Phi) is 6.51. The molecule has 6 nitrogen and oxygen atoms in total. The van der Waals surface area contributed by atoms with E-state index in [4.69, 9.17) is 0 Å². The van der Waals surface area contributed by atoms with E-state index in [9.17, 15) is 18.0 Å². The van der Waals surface area contributed by atoms with Crippen molar-refractivity contribution in [2.45, 2.75) is 45.5 Å². The second-order valence-electron chi connectivity index (χ2n) is 8.50. The minimum atomic E-state index is -4.34.